The van der Waals surface area contributed by atoms with Crippen LogP contribution in [-0.2, 0) is 4.74 Å². The summed E-state index contributed by atoms with van der Waals surface area (Å²) in [5.41, 5.74) is 0.239. The first-order valence-corrected chi connectivity index (χ1v) is 6.11. The van der Waals surface area contributed by atoms with Crippen LogP contribution in [0.1, 0.15) is 40.0 Å². The number of nitrogens with zero attached hydrogens (tertiary/aromatic N) is 2. The van der Waals surface area contributed by atoms with E-state index in [4.69, 9.17) is 9.94 Å². The lowest BCUT2D eigenvalue weighted by atomic mass is 9.79. The van der Waals surface area contributed by atoms with Crippen LogP contribution in [0, 0.1) is 5.92 Å². The fraction of sp³-hybridized carbons (Fsp3) is 0.833. The van der Waals surface area contributed by atoms with Crippen molar-refractivity contribution < 1.29 is 14.7 Å². The number of fused-ring (bicyclic) bond motifs is 3. The number of piperidine rings is 2. The Morgan fingerprint density at radius 2 is 2.18 bits per heavy atom. The third-order valence-electron chi connectivity index (χ3n) is 3.32. The first-order valence-electron chi connectivity index (χ1n) is 6.11. The van der Waals surface area contributed by atoms with Gasteiger partial charge in [-0.1, -0.05) is 5.16 Å². The zero-order valence-corrected chi connectivity index (χ0v) is 10.6. The molecule has 5 heteroatoms. The lowest BCUT2D eigenvalue weighted by Gasteiger charge is -2.45. The Morgan fingerprint density at radius 3 is 2.71 bits per heavy atom. The molecule has 0 spiro atoms. The first-order chi connectivity index (χ1) is 7.90. The summed E-state index contributed by atoms with van der Waals surface area (Å²) in [4.78, 5) is 13.7. The topological polar surface area (TPSA) is 62.1 Å². The number of hydrogen-bond acceptors (Lipinski definition) is 4. The van der Waals surface area contributed by atoms with Gasteiger partial charge in [0.15, 0.2) is 0 Å². The number of ether oxygens (including phenoxy) is 1. The van der Waals surface area contributed by atoms with Crippen LogP contribution in [0.5, 0.6) is 0 Å². The lowest BCUT2D eigenvalue weighted by molar-refractivity contribution is 0.00637. The summed E-state index contributed by atoms with van der Waals surface area (Å²) in [6.07, 6.45) is 2.49. The molecule has 5 nitrogen and oxygen atoms in total. The van der Waals surface area contributed by atoms with E-state index in [1.165, 1.54) is 0 Å². The summed E-state index contributed by atoms with van der Waals surface area (Å²) in [6, 6.07) is -0.0696. The van der Waals surface area contributed by atoms with E-state index in [2.05, 4.69) is 5.16 Å². The highest BCUT2D eigenvalue weighted by Crippen LogP contribution is 2.34. The average molecular weight is 240 g/mol. The van der Waals surface area contributed by atoms with Crippen LogP contribution in [0.15, 0.2) is 5.16 Å². The summed E-state index contributed by atoms with van der Waals surface area (Å²) >= 11 is 0. The normalized spacial score (nSPS) is 30.8. The zero-order chi connectivity index (χ0) is 12.6. The molecule has 2 bridgehead atoms. The van der Waals surface area contributed by atoms with Gasteiger partial charge in [-0.2, -0.15) is 0 Å². The standard InChI is InChI=1S/C12H20N2O3/c1-12(2,3)17-11(15)14-7-8-4-5-10(14)9(6-8)13-16/h8,10,16H,4-7H2,1-3H3/t8?,10-/m1/s1. The molecule has 0 aromatic heterocycles. The minimum atomic E-state index is -0.482. The van der Waals surface area contributed by atoms with Crippen molar-refractivity contribution in [3.8, 4) is 0 Å². The van der Waals surface area contributed by atoms with Gasteiger partial charge >= 0.3 is 6.09 Å². The lowest BCUT2D eigenvalue weighted by Crippen LogP contribution is -2.56. The van der Waals surface area contributed by atoms with Crippen molar-refractivity contribution in [2.45, 2.75) is 51.7 Å². The van der Waals surface area contributed by atoms with Crippen molar-refractivity contribution in [3.05, 3.63) is 0 Å². The summed E-state index contributed by atoms with van der Waals surface area (Å²) in [6.45, 7) is 6.29. The van der Waals surface area contributed by atoms with E-state index in [1.54, 1.807) is 4.90 Å². The van der Waals surface area contributed by atoms with Crippen LogP contribution in [0.3, 0.4) is 0 Å². The number of rotatable bonds is 0. The van der Waals surface area contributed by atoms with E-state index < -0.39 is 5.60 Å². The minimum absolute atomic E-state index is 0.0696. The molecule has 3 rings (SSSR count). The van der Waals surface area contributed by atoms with Crippen molar-refractivity contribution in [2.24, 2.45) is 11.1 Å². The molecule has 2 saturated heterocycles. The fourth-order valence-electron chi connectivity index (χ4n) is 2.62. The molecule has 1 unspecified atom stereocenters. The predicted molar refractivity (Wildman–Crippen MR) is 63.3 cm³/mol. The Balaban J connectivity index is 2.09. The van der Waals surface area contributed by atoms with Gasteiger partial charge in [-0.25, -0.2) is 4.79 Å². The quantitative estimate of drug-likeness (QED) is 0.521. The average Bonchev–Trinajstić information content (AvgIpc) is 2.27. The van der Waals surface area contributed by atoms with Gasteiger partial charge in [-0.15, -0.1) is 0 Å². The Bertz CT molecular complexity index is 346. The summed E-state index contributed by atoms with van der Waals surface area (Å²) in [5.74, 6) is 0.415. The molecule has 17 heavy (non-hydrogen) atoms. The summed E-state index contributed by atoms with van der Waals surface area (Å²) in [7, 11) is 0. The molecular formula is C12H20N2O3. The number of carbonyl (C=O) groups excluding carboxylic acids is 1. The third-order valence-corrected chi connectivity index (χ3v) is 3.32. The molecule has 3 fully saturated rings. The van der Waals surface area contributed by atoms with E-state index in [-0.39, 0.29) is 12.1 Å². The molecular weight excluding hydrogens is 220 g/mol. The van der Waals surface area contributed by atoms with Crippen LogP contribution < -0.4 is 0 Å². The number of amides is 1. The largest absolute Gasteiger partial charge is 0.444 e. The maximum atomic E-state index is 12.0. The van der Waals surface area contributed by atoms with Gasteiger partial charge < -0.3 is 9.94 Å². The van der Waals surface area contributed by atoms with E-state index in [0.717, 1.165) is 31.5 Å². The van der Waals surface area contributed by atoms with Crippen LogP contribution in [0.25, 0.3) is 0 Å². The zero-order valence-electron chi connectivity index (χ0n) is 10.6. The molecule has 2 aliphatic heterocycles. The predicted octanol–water partition coefficient (Wildman–Crippen LogP) is 2.24. The van der Waals surface area contributed by atoms with E-state index >= 15 is 0 Å². The van der Waals surface area contributed by atoms with Crippen molar-refractivity contribution in [3.63, 3.8) is 0 Å². The van der Waals surface area contributed by atoms with Gasteiger partial charge in [0.25, 0.3) is 0 Å². The Hall–Kier alpha value is -1.26. The highest BCUT2D eigenvalue weighted by Gasteiger charge is 2.42. The van der Waals surface area contributed by atoms with Crippen molar-refractivity contribution in [1.82, 2.24) is 4.90 Å². The van der Waals surface area contributed by atoms with Crippen molar-refractivity contribution in [2.75, 3.05) is 6.54 Å². The highest BCUT2D eigenvalue weighted by atomic mass is 16.6. The molecule has 0 aromatic carbocycles. The number of carbonyl (C=O) groups is 1. The Kier molecular flexibility index (Phi) is 3.02. The summed E-state index contributed by atoms with van der Waals surface area (Å²) in [5, 5.41) is 12.3. The van der Waals surface area contributed by atoms with Gasteiger partial charge in [0.1, 0.15) is 5.60 Å². The third kappa shape index (κ3) is 2.53. The SMILES string of the molecule is CC(C)(C)OC(=O)N1CC2CC[C@@H]1C(=NO)C2. The molecule has 0 radical (unpaired) electrons. The number of hydrogen-bond donors (Lipinski definition) is 1. The van der Waals surface area contributed by atoms with Crippen LogP contribution in [-0.4, -0.2) is 40.1 Å². The van der Waals surface area contributed by atoms with E-state index in [9.17, 15) is 4.79 Å². The molecule has 1 amide bonds. The second-order valence-corrected chi connectivity index (χ2v) is 5.89. The van der Waals surface area contributed by atoms with Crippen LogP contribution >= 0.6 is 0 Å². The molecule has 2 heterocycles. The Labute approximate surface area is 101 Å². The monoisotopic (exact) mass is 240 g/mol. The fourth-order valence-corrected chi connectivity index (χ4v) is 2.62. The van der Waals surface area contributed by atoms with Gasteiger partial charge in [0, 0.05) is 6.54 Å². The number of oxime groups is 1. The smallest absolute Gasteiger partial charge is 0.410 e. The summed E-state index contributed by atoms with van der Waals surface area (Å²) < 4.78 is 5.37. The van der Waals surface area contributed by atoms with Crippen molar-refractivity contribution in [1.29, 1.82) is 0 Å². The molecule has 1 N–H and O–H groups in total. The molecule has 3 aliphatic rings. The van der Waals surface area contributed by atoms with Gasteiger partial charge in [0.2, 0.25) is 0 Å². The maximum Gasteiger partial charge on any atom is 0.410 e. The van der Waals surface area contributed by atoms with E-state index in [0.29, 0.717) is 5.92 Å². The minimum Gasteiger partial charge on any atom is -0.444 e. The van der Waals surface area contributed by atoms with E-state index in [1.807, 2.05) is 20.8 Å². The Morgan fingerprint density at radius 1 is 1.47 bits per heavy atom. The second kappa shape index (κ2) is 4.20. The molecule has 1 aliphatic carbocycles. The highest BCUT2D eigenvalue weighted by molar-refractivity contribution is 5.93. The van der Waals surface area contributed by atoms with Crippen LogP contribution in [0.2, 0.25) is 0 Å². The molecule has 96 valence electrons. The van der Waals surface area contributed by atoms with Gasteiger partial charge in [-0.3, -0.25) is 4.90 Å². The van der Waals surface area contributed by atoms with Crippen LogP contribution in [0.4, 0.5) is 4.79 Å². The van der Waals surface area contributed by atoms with Gasteiger partial charge in [-0.05, 0) is 46.0 Å². The molecule has 1 saturated carbocycles. The molecule has 0 aromatic rings. The second-order valence-electron chi connectivity index (χ2n) is 5.89. The first kappa shape index (κ1) is 12.2. The maximum absolute atomic E-state index is 12.0. The van der Waals surface area contributed by atoms with Gasteiger partial charge in [0.05, 0.1) is 11.8 Å². The van der Waals surface area contributed by atoms with Crippen molar-refractivity contribution >= 4 is 11.8 Å². The molecule has 2 atom stereocenters.